The van der Waals surface area contributed by atoms with E-state index in [0.29, 0.717) is 12.4 Å². The molecule has 0 bridgehead atoms. The van der Waals surface area contributed by atoms with Gasteiger partial charge >= 0.3 is 30.0 Å². The van der Waals surface area contributed by atoms with Gasteiger partial charge in [-0.2, -0.15) is 30.3 Å². The average Bonchev–Trinajstić information content (AvgIpc) is 2.40. The number of benzene rings is 2. The molecule has 0 radical (unpaired) electrons. The molecule has 0 aromatic heterocycles. The fourth-order valence-electron chi connectivity index (χ4n) is 1.24. The first-order valence-electron chi connectivity index (χ1n) is 4.95. The van der Waals surface area contributed by atoms with Gasteiger partial charge in [0.15, 0.2) is 0 Å². The topological polar surface area (TPSA) is 9.23 Å². The Morgan fingerprint density at radius 3 is 2.71 bits per heavy atom. The second-order valence-electron chi connectivity index (χ2n) is 3.16. The monoisotopic (exact) mass is 344 g/mol. The Kier molecular flexibility index (Phi) is 7.06. The summed E-state index contributed by atoms with van der Waals surface area (Å²) in [4.78, 5) is 0. The molecule has 4 heteroatoms. The Balaban J connectivity index is 0.000000686. The number of hydrogen-bond acceptors (Lipinski definition) is 1. The quantitative estimate of drug-likeness (QED) is 0.602. The van der Waals surface area contributed by atoms with Crippen LogP contribution in [0.15, 0.2) is 48.5 Å². The number of hydrogen-bond donors (Lipinski definition) is 0. The van der Waals surface area contributed by atoms with E-state index in [0.717, 1.165) is 5.56 Å². The minimum atomic E-state index is -0.285. The predicted molar refractivity (Wildman–Crippen MR) is 64.9 cm³/mol. The molecule has 0 saturated heterocycles. The molecule has 0 atom stereocenters. The molecule has 0 saturated carbocycles. The Bertz CT molecular complexity index is 436. The van der Waals surface area contributed by atoms with Crippen LogP contribution in [-0.2, 0) is 22.9 Å². The van der Waals surface area contributed by atoms with Crippen LogP contribution < -0.4 is 4.74 Å². The van der Waals surface area contributed by atoms with E-state index < -0.39 is 0 Å². The van der Waals surface area contributed by atoms with Crippen LogP contribution in [0.3, 0.4) is 0 Å². The third-order valence-corrected chi connectivity index (χ3v) is 1.97. The summed E-state index contributed by atoms with van der Waals surface area (Å²) in [6.45, 7) is 0.431. The molecule has 0 spiro atoms. The zero-order chi connectivity index (χ0) is 12.5. The van der Waals surface area contributed by atoms with Crippen LogP contribution in [0.1, 0.15) is 5.56 Å². The van der Waals surface area contributed by atoms with Gasteiger partial charge in [-0.15, -0.1) is 5.56 Å². The maximum absolute atomic E-state index is 12.8. The molecule has 0 unspecified atom stereocenters. The van der Waals surface area contributed by atoms with Crippen molar-refractivity contribution in [3.05, 3.63) is 66.0 Å². The van der Waals surface area contributed by atoms with Crippen molar-refractivity contribution < 1.29 is 25.5 Å². The third-order valence-electron chi connectivity index (χ3n) is 1.97. The molecular formula is C13H10BrFOZn. The number of rotatable bonds is 3. The molecule has 1 nitrogen and oxygen atoms in total. The van der Waals surface area contributed by atoms with Crippen LogP contribution in [0.25, 0.3) is 0 Å². The summed E-state index contributed by atoms with van der Waals surface area (Å²) in [5.74, 6) is 0.256. The van der Waals surface area contributed by atoms with Gasteiger partial charge in [-0.3, -0.25) is 0 Å². The van der Waals surface area contributed by atoms with Gasteiger partial charge in [0.25, 0.3) is 0 Å². The fourth-order valence-corrected chi connectivity index (χ4v) is 1.24. The average molecular weight is 347 g/mol. The zero-order valence-corrected chi connectivity index (χ0v) is 13.8. The molecule has 17 heavy (non-hydrogen) atoms. The third kappa shape index (κ3) is 5.42. The summed E-state index contributed by atoms with van der Waals surface area (Å²) in [6.07, 6.45) is 0. The van der Waals surface area contributed by atoms with E-state index >= 15 is 0 Å². The Labute approximate surface area is 117 Å². The van der Waals surface area contributed by atoms with Gasteiger partial charge in [0.2, 0.25) is 0 Å². The molecule has 0 aliphatic rings. The normalized spacial score (nSPS) is 9.18. The summed E-state index contributed by atoms with van der Waals surface area (Å²) in [6, 6.07) is 16.6. The van der Waals surface area contributed by atoms with Crippen LogP contribution in [0.4, 0.5) is 4.39 Å². The van der Waals surface area contributed by atoms with Crippen LogP contribution in [-0.4, -0.2) is 0 Å². The molecule has 84 valence electrons. The molecule has 0 aliphatic heterocycles. The van der Waals surface area contributed by atoms with Gasteiger partial charge in [0.1, 0.15) is 11.6 Å². The van der Waals surface area contributed by atoms with Gasteiger partial charge in [0, 0.05) is 6.07 Å². The van der Waals surface area contributed by atoms with Crippen molar-refractivity contribution in [2.45, 2.75) is 6.61 Å². The predicted octanol–water partition coefficient (Wildman–Crippen LogP) is 4.05. The van der Waals surface area contributed by atoms with Crippen molar-refractivity contribution in [3.63, 3.8) is 0 Å². The van der Waals surface area contributed by atoms with E-state index in [-0.39, 0.29) is 5.82 Å². The summed E-state index contributed by atoms with van der Waals surface area (Å²) in [7, 11) is 0. The first-order chi connectivity index (χ1) is 8.34. The van der Waals surface area contributed by atoms with Crippen molar-refractivity contribution >= 4 is 13.6 Å². The second-order valence-corrected chi connectivity index (χ2v) is 3.16. The number of halogens is 2. The van der Waals surface area contributed by atoms with Crippen LogP contribution in [0.5, 0.6) is 5.75 Å². The molecule has 2 aromatic carbocycles. The first kappa shape index (κ1) is 14.3. The molecular weight excluding hydrogens is 336 g/mol. The summed E-state index contributed by atoms with van der Waals surface area (Å²) >= 11 is 4.25. The zero-order valence-electron chi connectivity index (χ0n) is 9.20. The van der Waals surface area contributed by atoms with Crippen LogP contribution in [0, 0.1) is 11.9 Å². The Hall–Kier alpha value is -0.727. The van der Waals surface area contributed by atoms with E-state index in [1.807, 2.05) is 24.3 Å². The molecule has 0 N–H and O–H groups in total. The van der Waals surface area contributed by atoms with E-state index in [9.17, 15) is 4.39 Å². The van der Waals surface area contributed by atoms with E-state index in [1.165, 1.54) is 28.5 Å². The van der Waals surface area contributed by atoms with Gasteiger partial charge in [-0.05, 0) is 12.1 Å². The van der Waals surface area contributed by atoms with Gasteiger partial charge in [-0.1, -0.05) is 6.07 Å². The van der Waals surface area contributed by atoms with Crippen molar-refractivity contribution in [1.29, 1.82) is 0 Å². The Morgan fingerprint density at radius 2 is 2.06 bits per heavy atom. The van der Waals surface area contributed by atoms with Gasteiger partial charge < -0.3 is 4.74 Å². The molecule has 2 rings (SSSR count). The fraction of sp³-hybridized carbons (Fsp3) is 0.0769. The van der Waals surface area contributed by atoms with Crippen molar-refractivity contribution in [3.8, 4) is 5.75 Å². The summed E-state index contributed by atoms with van der Waals surface area (Å²) in [5.41, 5.74) is 1.02. The molecule has 2 aromatic rings. The Morgan fingerprint density at radius 1 is 1.24 bits per heavy atom. The van der Waals surface area contributed by atoms with Crippen LogP contribution >= 0.6 is 13.6 Å². The van der Waals surface area contributed by atoms with Crippen LogP contribution in [0.2, 0.25) is 0 Å². The van der Waals surface area contributed by atoms with Crippen molar-refractivity contribution in [2.24, 2.45) is 0 Å². The van der Waals surface area contributed by atoms with Gasteiger partial charge in [-0.25, -0.2) is 4.39 Å². The van der Waals surface area contributed by atoms with Gasteiger partial charge in [0.05, 0.1) is 6.61 Å². The van der Waals surface area contributed by atoms with Crippen molar-refractivity contribution in [1.82, 2.24) is 0 Å². The molecule has 0 aliphatic carbocycles. The van der Waals surface area contributed by atoms with Crippen molar-refractivity contribution in [2.75, 3.05) is 0 Å². The molecule has 0 fully saturated rings. The first-order valence-corrected chi connectivity index (χ1v) is 11.9. The molecule has 0 heterocycles. The summed E-state index contributed by atoms with van der Waals surface area (Å²) < 4.78 is 18.2. The maximum atomic E-state index is 12.8. The summed E-state index contributed by atoms with van der Waals surface area (Å²) in [5, 5.41) is 0. The number of ether oxygens (including phenoxy) is 1. The second kappa shape index (κ2) is 8.38. The van der Waals surface area contributed by atoms with E-state index in [4.69, 9.17) is 4.74 Å². The van der Waals surface area contributed by atoms with E-state index in [2.05, 4.69) is 19.7 Å². The van der Waals surface area contributed by atoms with E-state index in [1.54, 1.807) is 12.1 Å². The molecule has 0 amide bonds. The minimum absolute atomic E-state index is 0.285. The SMILES string of the molecule is Fc1cccc(OCc2c[c-]ccc2)c1.[Zn+][Br]. The standard InChI is InChI=1S/C13H10FO.BrH.Zn/c14-12-7-4-8-13(9-12)15-10-11-5-2-1-3-6-11;;/h1-2,4-9H,10H2;1H;/q-1;;+2/p-1.